The van der Waals surface area contributed by atoms with E-state index in [9.17, 15) is 0 Å². The molecule has 8 aromatic heterocycles. The molecule has 8 nitrogen and oxygen atoms in total. The van der Waals surface area contributed by atoms with E-state index in [0.717, 1.165) is 117 Å². The summed E-state index contributed by atoms with van der Waals surface area (Å²) in [5.74, 6) is 0. The van der Waals surface area contributed by atoms with Crippen molar-refractivity contribution < 1.29 is 33.0 Å². The number of fused-ring (bicyclic) bond motifs is 12. The second-order valence-corrected chi connectivity index (χ2v) is 39.0. The van der Waals surface area contributed by atoms with Crippen molar-refractivity contribution in [2.24, 2.45) is 0 Å². The number of para-hydroxylation sites is 6. The second-order valence-electron chi connectivity index (χ2n) is 19.3. The molecule has 0 atom stereocenters. The first-order valence-electron chi connectivity index (χ1n) is 26.9. The molecular weight excluding hydrogens is 1560 g/mol. The summed E-state index contributed by atoms with van der Waals surface area (Å²) >= 11 is -0.556. The van der Waals surface area contributed by atoms with Gasteiger partial charge in [-0.1, -0.05) is 153 Å². The van der Waals surface area contributed by atoms with Gasteiger partial charge in [-0.05, 0) is 101 Å². The molecule has 0 spiro atoms. The molecule has 16 aromatic rings. The van der Waals surface area contributed by atoms with E-state index in [0.29, 0.717) is 0 Å². The fourth-order valence-electron chi connectivity index (χ4n) is 11.2. The van der Waals surface area contributed by atoms with E-state index in [4.69, 9.17) is 62.6 Å². The predicted octanol–water partition coefficient (Wildman–Crippen LogP) is 19.6. The van der Waals surface area contributed by atoms with Crippen LogP contribution in [0.5, 0.6) is 0 Å². The van der Waals surface area contributed by atoms with Gasteiger partial charge < -0.3 is 22.0 Å². The van der Waals surface area contributed by atoms with E-state index >= 15 is 0 Å². The van der Waals surface area contributed by atoms with Crippen molar-refractivity contribution in [3.05, 3.63) is 262 Å². The summed E-state index contributed by atoms with van der Waals surface area (Å²) in [6.07, 6.45) is 3.70. The number of rotatable bonds is 6. The van der Waals surface area contributed by atoms with Crippen molar-refractivity contribution in [3.8, 4) is 56.4 Å². The smallest absolute Gasteiger partial charge is 0.145 e. The van der Waals surface area contributed by atoms with Crippen LogP contribution in [0.4, 0.5) is 0 Å². The predicted molar refractivity (Wildman–Crippen MR) is 359 cm³/mol. The molecule has 0 aliphatic carbocycles. The van der Waals surface area contributed by atoms with Crippen LogP contribution in [0.2, 0.25) is 0 Å². The minimum atomic E-state index is -3.06. The fourth-order valence-corrected chi connectivity index (χ4v) is 11.2. The molecule has 0 amide bonds. The topological polar surface area (TPSA) is 91.3 Å². The number of hydrogen-bond donors (Lipinski definition) is 1. The number of H-pyrrole nitrogens is 1. The van der Waals surface area contributed by atoms with Crippen molar-refractivity contribution in [2.45, 2.75) is 7.43 Å². The Balaban J connectivity index is 0.000000167. The first kappa shape index (κ1) is 64.4. The maximum absolute atomic E-state index is 5.14. The molecule has 0 aliphatic heterocycles. The van der Waals surface area contributed by atoms with Crippen LogP contribution in [0.25, 0.3) is 144 Å². The van der Waals surface area contributed by atoms with Crippen molar-refractivity contribution in [3.63, 3.8) is 0 Å². The molecule has 0 fully saturated rings. The number of hydrogen-bond acceptors (Lipinski definition) is 4. The number of nitrogens with zero attached hydrogens (tertiary/aromatic N) is 7. The summed E-state index contributed by atoms with van der Waals surface area (Å²) in [7, 11) is 20.0. The SMILES string of the molecule is C.[CH3-].[Cl][Pt]([Cl])([Cl])[Cl].[K][K].[Pt].[c-]1c(-c2cccc(-c3cccc4c3[n-]c3ccccc34)n2)cccc1-n1c2ccccc2c2cccnc21.c1cc(-c2cccc(-c3cccc4c3[nH]c3ccccc34)n2)cc(-n2c3ccccc3c3cccnc32)c1. The number of pyridine rings is 4. The molecule has 86 heavy (non-hydrogen) atoms. The molecule has 0 bridgehead atoms. The minimum Gasteiger partial charge on any atom is -0.656 e. The molecule has 0 aliphatic rings. The zero-order chi connectivity index (χ0) is 56.6. The van der Waals surface area contributed by atoms with Gasteiger partial charge in [0, 0.05) is 88.1 Å². The average molecular weight is 1610 g/mol. The van der Waals surface area contributed by atoms with Crippen LogP contribution < -0.4 is 4.98 Å². The van der Waals surface area contributed by atoms with Gasteiger partial charge in [-0.2, -0.15) is 0 Å². The number of aromatic nitrogens is 8. The van der Waals surface area contributed by atoms with Gasteiger partial charge >= 0.3 is 113 Å². The van der Waals surface area contributed by atoms with Crippen LogP contribution in [-0.2, 0) is 33.0 Å². The van der Waals surface area contributed by atoms with E-state index in [2.05, 4.69) is 233 Å². The van der Waals surface area contributed by atoms with Crippen molar-refractivity contribution in [1.29, 1.82) is 0 Å². The summed E-state index contributed by atoms with van der Waals surface area (Å²) in [5.41, 5.74) is 18.1. The molecule has 0 saturated heterocycles. The minimum absolute atomic E-state index is 0. The quantitative estimate of drug-likeness (QED) is 0.132. The Hall–Kier alpha value is -4.63. The first-order chi connectivity index (χ1) is 40.7. The maximum Gasteiger partial charge on any atom is 0.145 e. The fraction of sp³-hybridized carbons (Fsp3) is 0.0143. The standard InChI is InChI=1S/C34H22N4.C34H20N4.CH4.CH3.4ClH.2K.2Pt/c2*1-3-16-30-24(11-1)26-13-6-14-28(33(26)37-30)31-18-7-17-29(36-31)22-9-5-10-23(21-22)38-32-19-4-2-12-25(32)27-15-8-20-35-34(27)38;;;;;;;;;;/h1-21,37H;1-20H;1H4;1H3;4*1H;;;;/q;-2;;-1;;;;;;;;+4/p-4. The van der Waals surface area contributed by atoms with Crippen molar-refractivity contribution in [2.75, 3.05) is 0 Å². The van der Waals surface area contributed by atoms with Crippen LogP contribution in [-0.4, -0.2) is 97.2 Å². The van der Waals surface area contributed by atoms with Gasteiger partial charge in [-0.25, -0.2) is 15.0 Å². The van der Waals surface area contributed by atoms with Crippen LogP contribution in [0.1, 0.15) is 7.43 Å². The third-order valence-corrected chi connectivity index (χ3v) is 14.6. The zero-order valence-electron chi connectivity index (χ0n) is 45.9. The monoisotopic (exact) mass is 1610 g/mol. The van der Waals surface area contributed by atoms with E-state index < -0.39 is 11.9 Å². The Bertz CT molecular complexity index is 4650. The number of aromatic amines is 1. The molecule has 422 valence electrons. The Morgan fingerprint density at radius 1 is 0.453 bits per heavy atom. The summed E-state index contributed by atoms with van der Waals surface area (Å²) in [5, 5.41) is 9.42. The van der Waals surface area contributed by atoms with Crippen LogP contribution >= 0.6 is 37.7 Å². The summed E-state index contributed by atoms with van der Waals surface area (Å²) in [6, 6.07) is 85.4. The number of benzene rings is 8. The normalized spacial score (nSPS) is 11.3. The van der Waals surface area contributed by atoms with Crippen LogP contribution in [0.15, 0.2) is 249 Å². The summed E-state index contributed by atoms with van der Waals surface area (Å²) in [6.45, 7) is 0. The van der Waals surface area contributed by atoms with Crippen molar-refractivity contribution >= 4 is 188 Å². The van der Waals surface area contributed by atoms with Crippen LogP contribution in [0, 0.1) is 13.5 Å². The Labute approximate surface area is 577 Å². The zero-order valence-corrected chi connectivity index (χ0v) is 59.8. The van der Waals surface area contributed by atoms with E-state index in [1.807, 2.05) is 36.7 Å². The molecule has 16 rings (SSSR count). The molecule has 1 N–H and O–H groups in total. The van der Waals surface area contributed by atoms with Gasteiger partial charge in [-0.15, -0.1) is 40.9 Å². The van der Waals surface area contributed by atoms with E-state index in [1.165, 1.54) is 90.1 Å². The number of nitrogens with one attached hydrogen (secondary N) is 1. The molecule has 16 heteroatoms. The molecule has 0 saturated carbocycles. The van der Waals surface area contributed by atoms with Gasteiger partial charge in [0.05, 0.1) is 33.6 Å². The Morgan fingerprint density at radius 2 is 0.953 bits per heavy atom. The Kier molecular flexibility index (Phi) is 21.3. The van der Waals surface area contributed by atoms with E-state index in [1.54, 1.807) is 0 Å². The van der Waals surface area contributed by atoms with Gasteiger partial charge in [0.25, 0.3) is 0 Å². The average Bonchev–Trinajstić information content (AvgIpc) is 1.93. The Morgan fingerprint density at radius 3 is 1.66 bits per heavy atom. The third kappa shape index (κ3) is 13.0. The second kappa shape index (κ2) is 28.5. The largest absolute Gasteiger partial charge is 0.656 e. The van der Waals surface area contributed by atoms with Gasteiger partial charge in [-0.3, -0.25) is 9.55 Å². The first-order valence-corrected chi connectivity index (χ1v) is 54.1. The third-order valence-electron chi connectivity index (χ3n) is 14.6. The molecule has 8 aromatic carbocycles. The van der Waals surface area contributed by atoms with Gasteiger partial charge in [0.2, 0.25) is 0 Å². The molecule has 0 radical (unpaired) electrons. The number of halogens is 4. The summed E-state index contributed by atoms with van der Waals surface area (Å²) < 4.78 is 4.42. The van der Waals surface area contributed by atoms with Crippen LogP contribution in [0.3, 0.4) is 0 Å². The maximum atomic E-state index is 5.14. The van der Waals surface area contributed by atoms with Gasteiger partial charge in [0.15, 0.2) is 0 Å². The molecule has 8 heterocycles. The van der Waals surface area contributed by atoms with Gasteiger partial charge in [0.1, 0.15) is 11.3 Å². The molecular formula is C70H49Cl4K2N8Pt2-3. The summed E-state index contributed by atoms with van der Waals surface area (Å²) in [4.78, 5) is 28.2. The van der Waals surface area contributed by atoms with E-state index in [-0.39, 0.29) is 35.9 Å². The molecule has 0 unspecified atom stereocenters. The van der Waals surface area contributed by atoms with Crippen molar-refractivity contribution in [1.82, 2.24) is 39.0 Å².